The van der Waals surface area contributed by atoms with Gasteiger partial charge >= 0.3 is 18.4 Å². The highest BCUT2D eigenvalue weighted by atomic mass is 19.4. The third-order valence-electron chi connectivity index (χ3n) is 19.7. The first-order valence-corrected chi connectivity index (χ1v) is 33.2. The van der Waals surface area contributed by atoms with Crippen molar-refractivity contribution in [2.24, 2.45) is 0 Å². The van der Waals surface area contributed by atoms with Crippen molar-refractivity contribution in [2.75, 3.05) is 124 Å². The van der Waals surface area contributed by atoms with Gasteiger partial charge in [-0.05, 0) is 154 Å². The van der Waals surface area contributed by atoms with Gasteiger partial charge in [0, 0.05) is 115 Å². The van der Waals surface area contributed by atoms with Crippen LogP contribution in [0.2, 0.25) is 0 Å². The van der Waals surface area contributed by atoms with Crippen LogP contribution in [0.4, 0.5) is 46.9 Å². The molecular formula is C74H85F7N8O8. The summed E-state index contributed by atoms with van der Waals surface area (Å²) < 4.78 is 116. The summed E-state index contributed by atoms with van der Waals surface area (Å²) in [6, 6.07) is 39.4. The highest BCUT2D eigenvalue weighted by Crippen LogP contribution is 2.49. The van der Waals surface area contributed by atoms with Gasteiger partial charge in [-0.1, -0.05) is 84.9 Å². The minimum Gasteiger partial charge on any atom is -0.446 e. The second-order valence-electron chi connectivity index (χ2n) is 26.1. The van der Waals surface area contributed by atoms with Crippen molar-refractivity contribution >= 4 is 41.1 Å². The molecule has 1 spiro atoms. The fourth-order valence-corrected chi connectivity index (χ4v) is 13.8. The minimum atomic E-state index is -5.15. The van der Waals surface area contributed by atoms with Crippen molar-refractivity contribution in [3.8, 4) is 11.1 Å². The molecule has 3 heterocycles. The first-order valence-electron chi connectivity index (χ1n) is 33.2. The molecule has 2 atom stereocenters. The summed E-state index contributed by atoms with van der Waals surface area (Å²) in [7, 11) is 7.29. The third-order valence-corrected chi connectivity index (χ3v) is 19.7. The topological polar surface area (TPSA) is 148 Å². The molecule has 0 unspecified atom stereocenters. The van der Waals surface area contributed by atoms with E-state index in [2.05, 4.69) is 32.1 Å². The fourth-order valence-electron chi connectivity index (χ4n) is 13.8. The number of rotatable bonds is 25. The van der Waals surface area contributed by atoms with Crippen LogP contribution in [0, 0.1) is 5.82 Å². The smallest absolute Gasteiger partial charge is 0.416 e. The largest absolute Gasteiger partial charge is 0.446 e. The molecule has 23 heteroatoms. The van der Waals surface area contributed by atoms with Gasteiger partial charge < -0.3 is 48.5 Å². The van der Waals surface area contributed by atoms with E-state index in [1.807, 2.05) is 105 Å². The number of nitrogens with zero attached hydrogens (tertiary/aromatic N) is 7. The molecule has 0 bridgehead atoms. The lowest BCUT2D eigenvalue weighted by molar-refractivity contribution is -0.143. The maximum absolute atomic E-state index is 14.2. The van der Waals surface area contributed by atoms with Crippen molar-refractivity contribution in [3.63, 3.8) is 0 Å². The average molecular weight is 1350 g/mol. The van der Waals surface area contributed by atoms with E-state index in [-0.39, 0.29) is 55.6 Å². The zero-order chi connectivity index (χ0) is 69.1. The SMILES string of the molecule is CN(CCN1CCC(OC(=O)Nc2ccccc2-c2ccccc2)CC1)C(=O)CCCCN(C)c1ccc(C(=O)N(C)CCCN(C)C(=O)CO[C@H]2Cc3ccccc3C23CCN(CC[C@@]2(c4ccc(F)cc4)CN(C(=O)c4cc(C(F)(F)F)cc(C(F)(F)F)c4)CO2)CC3)cc1. The van der Waals surface area contributed by atoms with E-state index in [0.29, 0.717) is 100 Å². The maximum atomic E-state index is 14.2. The molecule has 97 heavy (non-hydrogen) atoms. The van der Waals surface area contributed by atoms with Gasteiger partial charge in [-0.25, -0.2) is 9.18 Å². The summed E-state index contributed by atoms with van der Waals surface area (Å²) in [5.41, 5.74) is 1.23. The van der Waals surface area contributed by atoms with Gasteiger partial charge in [0.15, 0.2) is 0 Å². The van der Waals surface area contributed by atoms with Gasteiger partial charge in [-0.15, -0.1) is 0 Å². The molecule has 4 aliphatic rings. The number of unbranched alkanes of at least 4 members (excludes halogenated alkanes) is 1. The predicted molar refractivity (Wildman–Crippen MR) is 355 cm³/mol. The number of likely N-dealkylation sites (tertiary alicyclic amines) is 2. The number of amides is 5. The van der Waals surface area contributed by atoms with Crippen LogP contribution < -0.4 is 10.2 Å². The molecule has 3 saturated heterocycles. The number of fused-ring (bicyclic) bond motifs is 2. The van der Waals surface area contributed by atoms with Crippen molar-refractivity contribution in [2.45, 2.75) is 99.8 Å². The molecule has 16 nitrogen and oxygen atoms in total. The molecule has 6 aromatic rings. The first-order chi connectivity index (χ1) is 46.4. The standard InChI is InChI=1S/C74H85F7N8O8/c1-83(35-13-12-21-66(90)85(3)43-44-87-38-30-61(31-39-87)97-70(94)82-64-20-11-9-18-62(64)52-15-6-5-7-16-52)60-28-22-53(23-29-60)68(92)86(4)37-14-36-84(2)67(91)49-95-65-47-54-17-8-10-19-63(54)71(65)32-40-88(41-33-71)42-34-72(56-24-26-59(75)27-25-56)50-89(51-96-72)69(93)55-45-57(73(76,77)78)48-58(46-55)74(79,80)81/h5-11,15-20,22-29,45-46,48,61,65H,12-14,21,30-44,47,49-51H2,1-4H3,(H,82,94)/t65-,72-/m0/s1. The van der Waals surface area contributed by atoms with Crippen molar-refractivity contribution in [1.82, 2.24) is 29.4 Å². The summed E-state index contributed by atoms with van der Waals surface area (Å²) in [4.78, 5) is 79.7. The normalized spacial score (nSPS) is 18.2. The van der Waals surface area contributed by atoms with Crippen LogP contribution in [0.25, 0.3) is 11.1 Å². The molecule has 6 aromatic carbocycles. The Bertz CT molecular complexity index is 3650. The highest BCUT2D eigenvalue weighted by molar-refractivity contribution is 5.95. The number of halogens is 7. The Labute approximate surface area is 562 Å². The average Bonchev–Trinajstić information content (AvgIpc) is 1.59. The Morgan fingerprint density at radius 2 is 1.27 bits per heavy atom. The molecule has 1 aliphatic carbocycles. The molecule has 0 saturated carbocycles. The Morgan fingerprint density at radius 3 is 1.96 bits per heavy atom. The second-order valence-corrected chi connectivity index (χ2v) is 26.1. The number of carbonyl (C=O) groups excluding carboxylic acids is 5. The molecule has 518 valence electrons. The summed E-state index contributed by atoms with van der Waals surface area (Å²) in [6.45, 7) is 5.27. The Morgan fingerprint density at radius 1 is 0.639 bits per heavy atom. The lowest BCUT2D eigenvalue weighted by Gasteiger charge is -2.44. The first kappa shape index (κ1) is 71.4. The van der Waals surface area contributed by atoms with E-state index in [9.17, 15) is 54.7 Å². The Balaban J connectivity index is 0.618. The van der Waals surface area contributed by atoms with Gasteiger partial charge in [0.25, 0.3) is 11.8 Å². The summed E-state index contributed by atoms with van der Waals surface area (Å²) in [5, 5.41) is 2.93. The number of hydrogen-bond acceptors (Lipinski definition) is 11. The highest BCUT2D eigenvalue weighted by Gasteiger charge is 2.50. The number of anilines is 2. The van der Waals surface area contributed by atoms with E-state index >= 15 is 0 Å². The summed E-state index contributed by atoms with van der Waals surface area (Å²) in [5.74, 6) is -1.85. The van der Waals surface area contributed by atoms with Crippen LogP contribution in [0.5, 0.6) is 0 Å². The minimum absolute atomic E-state index is 0.0286. The number of para-hydroxylation sites is 1. The summed E-state index contributed by atoms with van der Waals surface area (Å²) in [6.07, 6.45) is -5.09. The third kappa shape index (κ3) is 17.9. The van der Waals surface area contributed by atoms with Crippen molar-refractivity contribution in [1.29, 1.82) is 0 Å². The number of likely N-dealkylation sites (N-methyl/N-ethyl adjacent to an activating group) is 2. The number of carbonyl (C=O) groups is 5. The Kier molecular flexibility index (Phi) is 23.1. The zero-order valence-electron chi connectivity index (χ0n) is 55.3. The van der Waals surface area contributed by atoms with Crippen LogP contribution in [-0.2, 0) is 53.6 Å². The van der Waals surface area contributed by atoms with E-state index in [4.69, 9.17) is 14.2 Å². The molecule has 0 aromatic heterocycles. The number of alkyl halides is 6. The second kappa shape index (κ2) is 31.4. The number of hydrogen-bond donors (Lipinski definition) is 1. The molecule has 5 amide bonds. The summed E-state index contributed by atoms with van der Waals surface area (Å²) >= 11 is 0. The fraction of sp³-hybridized carbons (Fsp3) is 0.446. The van der Waals surface area contributed by atoms with Crippen LogP contribution >= 0.6 is 0 Å². The number of piperidine rings is 2. The lowest BCUT2D eigenvalue weighted by Crippen LogP contribution is -2.50. The molecular weight excluding hydrogens is 1260 g/mol. The quantitative estimate of drug-likeness (QED) is 0.0431. The van der Waals surface area contributed by atoms with Crippen LogP contribution in [-0.4, -0.2) is 185 Å². The van der Waals surface area contributed by atoms with Gasteiger partial charge in [-0.3, -0.25) is 24.5 Å². The number of nitrogens with one attached hydrogen (secondary N) is 1. The maximum Gasteiger partial charge on any atom is 0.416 e. The number of ether oxygens (including phenoxy) is 3. The molecule has 10 rings (SSSR count). The van der Waals surface area contributed by atoms with E-state index in [1.54, 1.807) is 28.8 Å². The number of benzene rings is 6. The lowest BCUT2D eigenvalue weighted by atomic mass is 9.72. The van der Waals surface area contributed by atoms with Crippen LogP contribution in [0.3, 0.4) is 0 Å². The van der Waals surface area contributed by atoms with Crippen molar-refractivity contribution < 1.29 is 68.9 Å². The molecule has 3 fully saturated rings. The van der Waals surface area contributed by atoms with E-state index in [0.717, 1.165) is 84.7 Å². The Hall–Kier alpha value is -8.38. The van der Waals surface area contributed by atoms with Crippen LogP contribution in [0.15, 0.2) is 146 Å². The molecule has 1 N–H and O–H groups in total. The molecule has 3 aliphatic heterocycles. The van der Waals surface area contributed by atoms with Gasteiger partial charge in [0.2, 0.25) is 11.8 Å². The molecule has 0 radical (unpaired) electrons. The predicted octanol–water partition coefficient (Wildman–Crippen LogP) is 12.6. The van der Waals surface area contributed by atoms with Crippen molar-refractivity contribution in [3.05, 3.63) is 190 Å². The van der Waals surface area contributed by atoms with Gasteiger partial charge in [-0.2, -0.15) is 26.3 Å². The van der Waals surface area contributed by atoms with Crippen LogP contribution in [0.1, 0.15) is 106 Å². The van der Waals surface area contributed by atoms with Gasteiger partial charge in [0.05, 0.1) is 29.5 Å². The monoisotopic (exact) mass is 1350 g/mol. The van der Waals surface area contributed by atoms with E-state index in [1.165, 1.54) is 24.3 Å². The zero-order valence-corrected chi connectivity index (χ0v) is 55.3. The van der Waals surface area contributed by atoms with Gasteiger partial charge in [0.1, 0.15) is 30.9 Å². The van der Waals surface area contributed by atoms with E-state index < -0.39 is 64.6 Å².